The molecule has 6 nitrogen and oxygen atoms in total. The third-order valence-electron chi connectivity index (χ3n) is 4.36. The minimum atomic E-state index is -0.151. The van der Waals surface area contributed by atoms with Crippen LogP contribution in [0.3, 0.4) is 0 Å². The third kappa shape index (κ3) is 4.25. The molecule has 0 radical (unpaired) electrons. The van der Waals surface area contributed by atoms with E-state index < -0.39 is 0 Å². The van der Waals surface area contributed by atoms with Crippen molar-refractivity contribution in [3.63, 3.8) is 0 Å². The van der Waals surface area contributed by atoms with Crippen molar-refractivity contribution < 1.29 is 9.59 Å². The Hall–Kier alpha value is -2.34. The number of carbonyl (C=O) groups excluding carboxylic acids is 2. The lowest BCUT2D eigenvalue weighted by Gasteiger charge is -2.26. The van der Waals surface area contributed by atoms with Crippen molar-refractivity contribution in [3.8, 4) is 11.3 Å². The molecule has 0 bridgehead atoms. The fourth-order valence-corrected chi connectivity index (χ4v) is 3.01. The van der Waals surface area contributed by atoms with Crippen molar-refractivity contribution in [2.75, 3.05) is 18.0 Å². The van der Waals surface area contributed by atoms with Gasteiger partial charge in [-0.1, -0.05) is 37.6 Å². The Labute approximate surface area is 158 Å². The molecular formula is C19H23ClN4O2. The maximum Gasteiger partial charge on any atom is 0.240 e. The van der Waals surface area contributed by atoms with E-state index in [4.69, 9.17) is 11.6 Å². The molecule has 0 saturated carbocycles. The second-order valence-corrected chi connectivity index (χ2v) is 7.32. The minimum absolute atomic E-state index is 0.0165. The molecule has 0 atom stereocenters. The van der Waals surface area contributed by atoms with Crippen LogP contribution in [0.2, 0.25) is 5.02 Å². The van der Waals surface area contributed by atoms with E-state index in [1.165, 1.54) is 4.90 Å². The number of carbonyl (C=O) groups is 2. The van der Waals surface area contributed by atoms with Crippen LogP contribution in [0.1, 0.15) is 26.7 Å². The molecule has 0 fully saturated rings. The average Bonchev–Trinajstić information content (AvgIpc) is 3.02. The Morgan fingerprint density at radius 3 is 2.73 bits per heavy atom. The first-order chi connectivity index (χ1) is 12.4. The van der Waals surface area contributed by atoms with Gasteiger partial charge in [-0.2, -0.15) is 5.10 Å². The fourth-order valence-electron chi connectivity index (χ4n) is 2.88. The molecule has 0 saturated heterocycles. The maximum absolute atomic E-state index is 12.4. The highest BCUT2D eigenvalue weighted by Crippen LogP contribution is 2.28. The van der Waals surface area contributed by atoms with E-state index in [9.17, 15) is 9.59 Å². The van der Waals surface area contributed by atoms with Crippen LogP contribution in [0.4, 0.5) is 5.82 Å². The molecule has 1 aliphatic rings. The first-order valence-corrected chi connectivity index (χ1v) is 9.22. The molecule has 2 aromatic rings. The van der Waals surface area contributed by atoms with Crippen molar-refractivity contribution in [2.24, 2.45) is 5.92 Å². The molecular weight excluding hydrogens is 352 g/mol. The summed E-state index contributed by atoms with van der Waals surface area (Å²) < 4.78 is 1.78. The van der Waals surface area contributed by atoms with Gasteiger partial charge in [-0.15, -0.1) is 0 Å². The van der Waals surface area contributed by atoms with E-state index in [0.29, 0.717) is 36.3 Å². The topological polar surface area (TPSA) is 67.2 Å². The molecule has 2 heterocycles. The normalized spacial score (nSPS) is 13.8. The molecule has 1 aromatic carbocycles. The summed E-state index contributed by atoms with van der Waals surface area (Å²) in [6.45, 7) is 5.37. The number of nitrogens with one attached hydrogen (secondary N) is 1. The van der Waals surface area contributed by atoms with Crippen molar-refractivity contribution >= 4 is 29.2 Å². The van der Waals surface area contributed by atoms with Gasteiger partial charge >= 0.3 is 0 Å². The average molecular weight is 375 g/mol. The van der Waals surface area contributed by atoms with Crippen LogP contribution in [0.25, 0.3) is 11.3 Å². The molecule has 1 aliphatic heterocycles. The molecule has 26 heavy (non-hydrogen) atoms. The Morgan fingerprint density at radius 2 is 2.04 bits per heavy atom. The van der Waals surface area contributed by atoms with Crippen LogP contribution in [-0.4, -0.2) is 34.7 Å². The summed E-state index contributed by atoms with van der Waals surface area (Å²) in [6, 6.07) is 9.24. The number of aryl methyl sites for hydroxylation is 1. The lowest BCUT2D eigenvalue weighted by Crippen LogP contribution is -2.44. The second-order valence-electron chi connectivity index (χ2n) is 6.88. The van der Waals surface area contributed by atoms with E-state index in [2.05, 4.69) is 24.3 Å². The number of rotatable bonds is 6. The van der Waals surface area contributed by atoms with Crippen LogP contribution in [0, 0.1) is 5.92 Å². The van der Waals surface area contributed by atoms with Crippen LogP contribution in [0.5, 0.6) is 0 Å². The Kier molecular flexibility index (Phi) is 5.61. The van der Waals surface area contributed by atoms with E-state index >= 15 is 0 Å². The van der Waals surface area contributed by atoms with Gasteiger partial charge in [0, 0.05) is 29.6 Å². The van der Waals surface area contributed by atoms with Crippen molar-refractivity contribution in [3.05, 3.63) is 35.4 Å². The van der Waals surface area contributed by atoms with Crippen LogP contribution in [0.15, 0.2) is 30.3 Å². The smallest absolute Gasteiger partial charge is 0.240 e. The van der Waals surface area contributed by atoms with E-state index in [1.54, 1.807) is 16.8 Å². The first kappa shape index (κ1) is 18.5. The molecule has 0 spiro atoms. The second kappa shape index (κ2) is 7.91. The number of hydrogen-bond acceptors (Lipinski definition) is 3. The van der Waals surface area contributed by atoms with Crippen LogP contribution >= 0.6 is 11.6 Å². The molecule has 1 N–H and O–H groups in total. The predicted octanol–water partition coefficient (Wildman–Crippen LogP) is 3.10. The maximum atomic E-state index is 12.4. The number of amides is 2. The van der Waals surface area contributed by atoms with Crippen LogP contribution < -0.4 is 10.2 Å². The lowest BCUT2D eigenvalue weighted by molar-refractivity contribution is -0.124. The molecule has 0 aliphatic carbocycles. The van der Waals surface area contributed by atoms with Gasteiger partial charge in [0.1, 0.15) is 12.4 Å². The highest BCUT2D eigenvalue weighted by molar-refractivity contribution is 6.30. The van der Waals surface area contributed by atoms with Crippen LogP contribution in [-0.2, 0) is 16.1 Å². The zero-order valence-corrected chi connectivity index (χ0v) is 15.8. The summed E-state index contributed by atoms with van der Waals surface area (Å²) in [4.78, 5) is 26.1. The molecule has 0 unspecified atom stereocenters. The van der Waals surface area contributed by atoms with Crippen molar-refractivity contribution in [1.29, 1.82) is 0 Å². The number of fused-ring (bicyclic) bond motifs is 1. The quantitative estimate of drug-likeness (QED) is 0.844. The van der Waals surface area contributed by atoms with Crippen molar-refractivity contribution in [2.45, 2.75) is 33.2 Å². The minimum Gasteiger partial charge on any atom is -0.355 e. The number of halogens is 1. The molecule has 1 aromatic heterocycles. The summed E-state index contributed by atoms with van der Waals surface area (Å²) in [5.41, 5.74) is 1.68. The van der Waals surface area contributed by atoms with E-state index in [0.717, 1.165) is 17.7 Å². The van der Waals surface area contributed by atoms with Gasteiger partial charge in [0.15, 0.2) is 0 Å². The molecule has 138 valence electrons. The fraction of sp³-hybridized carbons (Fsp3) is 0.421. The largest absolute Gasteiger partial charge is 0.355 e. The lowest BCUT2D eigenvalue weighted by atomic mass is 10.1. The highest BCUT2D eigenvalue weighted by atomic mass is 35.5. The summed E-state index contributed by atoms with van der Waals surface area (Å²) in [5, 5.41) is 8.12. The SMILES string of the molecule is CC(C)CCNC(=O)CN1C(=O)CCn2nc(-c3ccc(Cl)cc3)cc21. The number of nitrogens with zero attached hydrogens (tertiary/aromatic N) is 3. The Bertz CT molecular complexity index is 798. The zero-order chi connectivity index (χ0) is 18.7. The standard InChI is InChI=1S/C19H23ClN4O2/c1-13(2)7-9-21-17(25)12-23-18-11-16(14-3-5-15(20)6-4-14)22-24(18)10-8-19(23)26/h3-6,11,13H,7-10,12H2,1-2H3,(H,21,25). The number of aromatic nitrogens is 2. The number of benzene rings is 1. The summed E-state index contributed by atoms with van der Waals surface area (Å²) >= 11 is 5.94. The highest BCUT2D eigenvalue weighted by Gasteiger charge is 2.28. The zero-order valence-electron chi connectivity index (χ0n) is 15.0. The monoisotopic (exact) mass is 374 g/mol. The molecule has 3 rings (SSSR count). The third-order valence-corrected chi connectivity index (χ3v) is 4.61. The first-order valence-electron chi connectivity index (χ1n) is 8.85. The summed E-state index contributed by atoms with van der Waals surface area (Å²) in [6.07, 6.45) is 1.26. The van der Waals surface area contributed by atoms with Gasteiger partial charge in [-0.05, 0) is 24.5 Å². The van der Waals surface area contributed by atoms with Gasteiger partial charge in [0.25, 0.3) is 0 Å². The molecule has 2 amide bonds. The van der Waals surface area contributed by atoms with Gasteiger partial charge in [0.05, 0.1) is 12.2 Å². The van der Waals surface area contributed by atoms with E-state index in [1.807, 2.05) is 18.2 Å². The van der Waals surface area contributed by atoms with Gasteiger partial charge in [-0.25, -0.2) is 4.68 Å². The van der Waals surface area contributed by atoms with Crippen molar-refractivity contribution in [1.82, 2.24) is 15.1 Å². The summed E-state index contributed by atoms with van der Waals surface area (Å²) in [5.74, 6) is 0.973. The van der Waals surface area contributed by atoms with E-state index in [-0.39, 0.29) is 18.4 Å². The Morgan fingerprint density at radius 1 is 1.31 bits per heavy atom. The van der Waals surface area contributed by atoms with Gasteiger partial charge in [0.2, 0.25) is 11.8 Å². The Balaban J connectivity index is 1.75. The predicted molar refractivity (Wildman–Crippen MR) is 102 cm³/mol. The number of anilines is 1. The number of hydrogen-bond donors (Lipinski definition) is 1. The molecule has 7 heteroatoms. The van der Waals surface area contributed by atoms with Gasteiger partial charge in [-0.3, -0.25) is 14.5 Å². The van der Waals surface area contributed by atoms with Gasteiger partial charge < -0.3 is 5.32 Å². The summed E-state index contributed by atoms with van der Waals surface area (Å²) in [7, 11) is 0.